The Morgan fingerprint density at radius 3 is 2.81 bits per heavy atom. The van der Waals surface area contributed by atoms with Crippen LogP contribution in [0.5, 0.6) is 0 Å². The van der Waals surface area contributed by atoms with E-state index in [0.717, 1.165) is 30.1 Å². The maximum Gasteiger partial charge on any atom is 0.276 e. The minimum absolute atomic E-state index is 0.0763. The Hall–Kier alpha value is -2.97. The van der Waals surface area contributed by atoms with Crippen molar-refractivity contribution in [3.05, 3.63) is 35.6 Å². The van der Waals surface area contributed by atoms with Gasteiger partial charge in [-0.1, -0.05) is 12.1 Å². The highest BCUT2D eigenvalue weighted by Gasteiger charge is 2.26. The summed E-state index contributed by atoms with van der Waals surface area (Å²) in [5, 5.41) is 8.18. The Bertz CT molecular complexity index is 924. The predicted molar refractivity (Wildman–Crippen MR) is 94.1 cm³/mol. The number of nitrogens with zero attached hydrogens (tertiary/aromatic N) is 7. The summed E-state index contributed by atoms with van der Waals surface area (Å²) in [6, 6.07) is 3.75. The highest BCUT2D eigenvalue weighted by molar-refractivity contribution is 5.92. The van der Waals surface area contributed by atoms with E-state index in [0.29, 0.717) is 37.7 Å². The van der Waals surface area contributed by atoms with Gasteiger partial charge in [-0.15, -0.1) is 0 Å². The van der Waals surface area contributed by atoms with Crippen molar-refractivity contribution >= 4 is 17.5 Å². The molecule has 0 radical (unpaired) electrons. The summed E-state index contributed by atoms with van der Waals surface area (Å²) < 4.78 is 6.96. The number of aryl methyl sites for hydroxylation is 2. The average molecular weight is 355 g/mol. The van der Waals surface area contributed by atoms with Gasteiger partial charge in [0.05, 0.1) is 0 Å². The predicted octanol–water partition coefficient (Wildman–Crippen LogP) is 1.34. The molecule has 3 aromatic heterocycles. The molecule has 0 saturated carbocycles. The van der Waals surface area contributed by atoms with Crippen LogP contribution in [0, 0.1) is 6.92 Å². The summed E-state index contributed by atoms with van der Waals surface area (Å²) in [7, 11) is 0. The number of carbonyl (C=O) groups excluding carboxylic acids is 1. The molecule has 0 N–H and O–H groups in total. The molecule has 1 fully saturated rings. The highest BCUT2D eigenvalue weighted by atomic mass is 16.5. The largest absolute Gasteiger partial charge is 0.361 e. The number of anilines is 1. The molecule has 4 rings (SSSR count). The summed E-state index contributed by atoms with van der Waals surface area (Å²) in [4.78, 5) is 25.2. The van der Waals surface area contributed by atoms with Gasteiger partial charge < -0.3 is 14.3 Å². The van der Waals surface area contributed by atoms with Gasteiger partial charge in [0, 0.05) is 50.4 Å². The third-order valence-electron chi connectivity index (χ3n) is 4.53. The minimum Gasteiger partial charge on any atom is -0.361 e. The second-order valence-corrected chi connectivity index (χ2v) is 6.44. The van der Waals surface area contributed by atoms with E-state index in [4.69, 9.17) is 4.52 Å². The molecule has 0 unspecified atom stereocenters. The SMILES string of the molecule is CCCc1cc(C(=O)N2CCN(c3cc(C)nc4ncnn34)CC2)no1. The number of hydrogen-bond donors (Lipinski definition) is 0. The zero-order chi connectivity index (χ0) is 18.1. The van der Waals surface area contributed by atoms with Crippen molar-refractivity contribution in [1.82, 2.24) is 29.6 Å². The molecule has 0 spiro atoms. The topological polar surface area (TPSA) is 92.7 Å². The van der Waals surface area contributed by atoms with E-state index < -0.39 is 0 Å². The fourth-order valence-corrected chi connectivity index (χ4v) is 3.22. The van der Waals surface area contributed by atoms with Gasteiger partial charge in [-0.25, -0.2) is 4.98 Å². The van der Waals surface area contributed by atoms with Crippen LogP contribution >= 0.6 is 0 Å². The van der Waals surface area contributed by atoms with E-state index in [2.05, 4.69) is 32.0 Å². The maximum absolute atomic E-state index is 12.6. The van der Waals surface area contributed by atoms with Crippen molar-refractivity contribution < 1.29 is 9.32 Å². The van der Waals surface area contributed by atoms with Crippen LogP contribution in [0.25, 0.3) is 5.78 Å². The Morgan fingerprint density at radius 1 is 1.23 bits per heavy atom. The maximum atomic E-state index is 12.6. The van der Waals surface area contributed by atoms with Crippen molar-refractivity contribution in [2.45, 2.75) is 26.7 Å². The molecule has 0 bridgehead atoms. The molecule has 26 heavy (non-hydrogen) atoms. The van der Waals surface area contributed by atoms with Crippen molar-refractivity contribution in [2.24, 2.45) is 0 Å². The normalized spacial score (nSPS) is 15.0. The lowest BCUT2D eigenvalue weighted by Crippen LogP contribution is -2.49. The third-order valence-corrected chi connectivity index (χ3v) is 4.53. The molecule has 1 aliphatic heterocycles. The lowest BCUT2D eigenvalue weighted by atomic mass is 10.2. The minimum atomic E-state index is -0.0763. The van der Waals surface area contributed by atoms with Crippen molar-refractivity contribution in [2.75, 3.05) is 31.1 Å². The summed E-state index contributed by atoms with van der Waals surface area (Å²) in [6.07, 6.45) is 3.26. The average Bonchev–Trinajstić information content (AvgIpc) is 3.30. The molecule has 9 heteroatoms. The number of carbonyl (C=O) groups is 1. The molecule has 136 valence electrons. The van der Waals surface area contributed by atoms with Gasteiger partial charge in [0.15, 0.2) is 5.69 Å². The van der Waals surface area contributed by atoms with E-state index in [1.807, 2.05) is 17.9 Å². The Balaban J connectivity index is 1.46. The van der Waals surface area contributed by atoms with E-state index in [9.17, 15) is 4.79 Å². The van der Waals surface area contributed by atoms with Gasteiger partial charge in [0.25, 0.3) is 11.7 Å². The molecule has 9 nitrogen and oxygen atoms in total. The van der Waals surface area contributed by atoms with Crippen molar-refractivity contribution in [3.63, 3.8) is 0 Å². The van der Waals surface area contributed by atoms with Crippen LogP contribution in [0.4, 0.5) is 5.82 Å². The highest BCUT2D eigenvalue weighted by Crippen LogP contribution is 2.19. The first-order chi connectivity index (χ1) is 12.7. The van der Waals surface area contributed by atoms with Crippen LogP contribution in [0.1, 0.15) is 35.3 Å². The van der Waals surface area contributed by atoms with Crippen molar-refractivity contribution in [3.8, 4) is 0 Å². The first-order valence-electron chi connectivity index (χ1n) is 8.83. The number of aromatic nitrogens is 5. The number of rotatable bonds is 4. The summed E-state index contributed by atoms with van der Waals surface area (Å²) in [6.45, 7) is 6.67. The lowest BCUT2D eigenvalue weighted by molar-refractivity contribution is 0.0736. The van der Waals surface area contributed by atoms with Crippen molar-refractivity contribution in [1.29, 1.82) is 0 Å². The number of amides is 1. The van der Waals surface area contributed by atoms with E-state index in [1.54, 1.807) is 10.6 Å². The van der Waals surface area contributed by atoms with E-state index in [-0.39, 0.29) is 5.91 Å². The van der Waals surface area contributed by atoms with Crippen LogP contribution in [0.15, 0.2) is 23.0 Å². The van der Waals surface area contributed by atoms with Gasteiger partial charge >= 0.3 is 0 Å². The quantitative estimate of drug-likeness (QED) is 0.697. The molecule has 0 aromatic carbocycles. The third kappa shape index (κ3) is 3.00. The second kappa shape index (κ2) is 6.74. The first kappa shape index (κ1) is 16.5. The number of hydrogen-bond acceptors (Lipinski definition) is 7. The van der Waals surface area contributed by atoms with Gasteiger partial charge in [-0.3, -0.25) is 4.79 Å². The molecular weight excluding hydrogens is 334 g/mol. The van der Waals surface area contributed by atoms with Gasteiger partial charge in [-0.2, -0.15) is 14.6 Å². The summed E-state index contributed by atoms with van der Waals surface area (Å²) in [5.74, 6) is 2.22. The Kier molecular flexibility index (Phi) is 4.27. The van der Waals surface area contributed by atoms with Crippen LogP contribution in [0.2, 0.25) is 0 Å². The van der Waals surface area contributed by atoms with E-state index >= 15 is 0 Å². The van der Waals surface area contributed by atoms with Crippen LogP contribution in [0.3, 0.4) is 0 Å². The van der Waals surface area contributed by atoms with Gasteiger partial charge in [0.2, 0.25) is 0 Å². The van der Waals surface area contributed by atoms with Gasteiger partial charge in [-0.05, 0) is 13.3 Å². The van der Waals surface area contributed by atoms with Crippen LogP contribution in [-0.4, -0.2) is 61.7 Å². The monoisotopic (exact) mass is 355 g/mol. The standard InChI is InChI=1S/C17H21N7O2/c1-3-4-13-10-14(21-26-13)16(25)23-7-5-22(6-8-23)15-9-12(2)20-17-18-11-19-24(15)17/h9-11H,3-8H2,1-2H3. The molecule has 4 heterocycles. The Labute approximate surface area is 150 Å². The number of fused-ring (bicyclic) bond motifs is 1. The summed E-state index contributed by atoms with van der Waals surface area (Å²) >= 11 is 0. The first-order valence-corrected chi connectivity index (χ1v) is 8.83. The molecule has 0 atom stereocenters. The molecule has 1 amide bonds. The van der Waals surface area contributed by atoms with Gasteiger partial charge in [0.1, 0.15) is 17.9 Å². The lowest BCUT2D eigenvalue weighted by Gasteiger charge is -2.35. The molecule has 1 saturated heterocycles. The molecule has 0 aliphatic carbocycles. The summed E-state index contributed by atoms with van der Waals surface area (Å²) in [5.41, 5.74) is 1.28. The molecular formula is C17H21N7O2. The zero-order valence-electron chi connectivity index (χ0n) is 14.9. The fourth-order valence-electron chi connectivity index (χ4n) is 3.22. The molecule has 3 aromatic rings. The zero-order valence-corrected chi connectivity index (χ0v) is 14.9. The van der Waals surface area contributed by atoms with E-state index in [1.165, 1.54) is 6.33 Å². The Morgan fingerprint density at radius 2 is 2.04 bits per heavy atom. The van der Waals surface area contributed by atoms with Crippen LogP contribution in [-0.2, 0) is 6.42 Å². The van der Waals surface area contributed by atoms with Crippen LogP contribution < -0.4 is 4.90 Å². The number of piperazine rings is 1. The smallest absolute Gasteiger partial charge is 0.276 e. The molecule has 1 aliphatic rings. The second-order valence-electron chi connectivity index (χ2n) is 6.44. The fraction of sp³-hybridized carbons (Fsp3) is 0.471.